The molecule has 0 aliphatic carbocycles. The van der Waals surface area contributed by atoms with Gasteiger partial charge in [-0.2, -0.15) is 13.2 Å². The molecule has 3 aromatic rings. The normalized spacial score (nSPS) is 16.6. The van der Waals surface area contributed by atoms with Gasteiger partial charge in [0.05, 0.1) is 24.2 Å². The van der Waals surface area contributed by atoms with Crippen LogP contribution in [-0.2, 0) is 10.9 Å². The third kappa shape index (κ3) is 3.36. The minimum absolute atomic E-state index is 0.142. The van der Waals surface area contributed by atoms with Crippen molar-refractivity contribution in [1.82, 2.24) is 24.5 Å². The van der Waals surface area contributed by atoms with Gasteiger partial charge in [0.25, 0.3) is 0 Å². The Bertz CT molecular complexity index is 923. The van der Waals surface area contributed by atoms with Gasteiger partial charge < -0.3 is 4.74 Å². The average molecular weight is 383 g/mol. The van der Waals surface area contributed by atoms with Crippen LogP contribution in [0.25, 0.3) is 16.7 Å². The Labute approximate surface area is 151 Å². The lowest BCUT2D eigenvalue weighted by molar-refractivity contribution is -0.145. The van der Waals surface area contributed by atoms with E-state index in [0.717, 1.165) is 24.0 Å². The summed E-state index contributed by atoms with van der Waals surface area (Å²) in [6.07, 6.45) is -4.58. The van der Waals surface area contributed by atoms with Crippen LogP contribution in [0.15, 0.2) is 29.3 Å². The highest BCUT2D eigenvalue weighted by Crippen LogP contribution is 2.32. The van der Waals surface area contributed by atoms with Crippen LogP contribution < -0.4 is 0 Å². The van der Waals surface area contributed by atoms with Crippen LogP contribution in [-0.4, -0.2) is 63.1 Å². The Kier molecular flexibility index (Phi) is 4.72. The van der Waals surface area contributed by atoms with Crippen molar-refractivity contribution >= 4 is 28.4 Å². The van der Waals surface area contributed by atoms with Crippen LogP contribution in [0.5, 0.6) is 0 Å². The molecule has 1 fully saturated rings. The Morgan fingerprint density at radius 3 is 2.65 bits per heavy atom. The van der Waals surface area contributed by atoms with E-state index >= 15 is 0 Å². The van der Waals surface area contributed by atoms with Crippen molar-refractivity contribution in [2.24, 2.45) is 0 Å². The van der Waals surface area contributed by atoms with Gasteiger partial charge in [0.2, 0.25) is 5.82 Å². The molecule has 0 radical (unpaired) electrons. The second-order valence-corrected chi connectivity index (χ2v) is 6.97. The molecule has 0 N–H and O–H groups in total. The van der Waals surface area contributed by atoms with Gasteiger partial charge in [-0.1, -0.05) is 12.1 Å². The number of aromatic nitrogens is 4. The van der Waals surface area contributed by atoms with Crippen LogP contribution in [0.4, 0.5) is 13.2 Å². The molecule has 1 aliphatic rings. The smallest absolute Gasteiger partial charge is 0.379 e. The fourth-order valence-electron chi connectivity index (χ4n) is 2.93. The number of nitrogens with zero attached hydrogens (tertiary/aromatic N) is 5. The Hall–Kier alpha value is -1.91. The third-order valence-electron chi connectivity index (χ3n) is 4.20. The van der Waals surface area contributed by atoms with E-state index in [4.69, 9.17) is 4.74 Å². The van der Waals surface area contributed by atoms with Gasteiger partial charge in [-0.3, -0.25) is 9.30 Å². The highest BCUT2D eigenvalue weighted by Gasteiger charge is 2.38. The first-order valence-electron chi connectivity index (χ1n) is 8.18. The molecule has 0 atom stereocenters. The maximum atomic E-state index is 13.3. The Morgan fingerprint density at radius 1 is 1.12 bits per heavy atom. The van der Waals surface area contributed by atoms with Gasteiger partial charge in [-0.15, -0.1) is 22.0 Å². The summed E-state index contributed by atoms with van der Waals surface area (Å²) in [7, 11) is 0. The van der Waals surface area contributed by atoms with E-state index in [9.17, 15) is 13.2 Å². The lowest BCUT2D eigenvalue weighted by atomic mass is 10.3. The van der Waals surface area contributed by atoms with Crippen molar-refractivity contribution in [2.45, 2.75) is 11.2 Å². The van der Waals surface area contributed by atoms with E-state index in [1.165, 1.54) is 11.8 Å². The molecular formula is C16H16F3N5OS. The minimum Gasteiger partial charge on any atom is -0.379 e. The van der Waals surface area contributed by atoms with Crippen molar-refractivity contribution in [3.63, 3.8) is 0 Å². The van der Waals surface area contributed by atoms with Crippen molar-refractivity contribution in [3.8, 4) is 0 Å². The molecule has 6 nitrogen and oxygen atoms in total. The highest BCUT2D eigenvalue weighted by molar-refractivity contribution is 7.99. The number of hydrogen-bond donors (Lipinski definition) is 0. The van der Waals surface area contributed by atoms with Crippen molar-refractivity contribution in [3.05, 3.63) is 30.1 Å². The summed E-state index contributed by atoms with van der Waals surface area (Å²) in [6, 6.07) is 6.72. The van der Waals surface area contributed by atoms with Crippen molar-refractivity contribution < 1.29 is 17.9 Å². The largest absolute Gasteiger partial charge is 0.452 e. The van der Waals surface area contributed by atoms with Crippen molar-refractivity contribution in [1.29, 1.82) is 0 Å². The topological polar surface area (TPSA) is 55.5 Å². The number of morpholine rings is 1. The van der Waals surface area contributed by atoms with E-state index in [-0.39, 0.29) is 5.65 Å². The molecule has 0 spiro atoms. The van der Waals surface area contributed by atoms with Gasteiger partial charge >= 0.3 is 6.18 Å². The van der Waals surface area contributed by atoms with Crippen LogP contribution in [0.2, 0.25) is 0 Å². The average Bonchev–Trinajstić information content (AvgIpc) is 3.09. The molecule has 2 aromatic heterocycles. The van der Waals surface area contributed by atoms with Gasteiger partial charge in [-0.25, -0.2) is 4.98 Å². The standard InChI is InChI=1S/C16H16F3N5OS/c17-16(18,19)15-22-21-13-14(26-10-7-23-5-8-25-9-6-23)20-11-3-1-2-4-12(11)24(13)15/h1-4H,5-10H2. The SMILES string of the molecule is FC(F)(F)c1nnc2c(SCCN3CCOCC3)nc3ccccc3n12. The first-order valence-corrected chi connectivity index (χ1v) is 9.16. The van der Waals surface area contributed by atoms with E-state index in [2.05, 4.69) is 20.1 Å². The summed E-state index contributed by atoms with van der Waals surface area (Å²) < 4.78 is 46.4. The monoisotopic (exact) mass is 383 g/mol. The van der Waals surface area contributed by atoms with Crippen LogP contribution in [0.1, 0.15) is 5.82 Å². The number of rotatable bonds is 4. The van der Waals surface area contributed by atoms with E-state index in [0.29, 0.717) is 35.0 Å². The Morgan fingerprint density at radius 2 is 1.88 bits per heavy atom. The molecule has 3 heterocycles. The minimum atomic E-state index is -4.58. The zero-order chi connectivity index (χ0) is 18.1. The van der Waals surface area contributed by atoms with Gasteiger partial charge in [-0.05, 0) is 12.1 Å². The van der Waals surface area contributed by atoms with Gasteiger partial charge in [0.15, 0.2) is 5.65 Å². The molecule has 0 unspecified atom stereocenters. The third-order valence-corrected chi connectivity index (χ3v) is 5.14. The number of hydrogen-bond acceptors (Lipinski definition) is 6. The fraction of sp³-hybridized carbons (Fsp3) is 0.438. The summed E-state index contributed by atoms with van der Waals surface area (Å²) in [6.45, 7) is 3.97. The number of fused-ring (bicyclic) bond motifs is 3. The van der Waals surface area contributed by atoms with Crippen LogP contribution >= 0.6 is 11.8 Å². The van der Waals surface area contributed by atoms with E-state index < -0.39 is 12.0 Å². The molecule has 10 heteroatoms. The predicted molar refractivity (Wildman–Crippen MR) is 91.3 cm³/mol. The van der Waals surface area contributed by atoms with Gasteiger partial charge in [0, 0.05) is 25.4 Å². The maximum Gasteiger partial charge on any atom is 0.452 e. The predicted octanol–water partition coefficient (Wildman–Crippen LogP) is 2.72. The molecule has 138 valence electrons. The quantitative estimate of drug-likeness (QED) is 0.646. The Balaban J connectivity index is 1.68. The first-order chi connectivity index (χ1) is 12.5. The van der Waals surface area contributed by atoms with E-state index in [1.54, 1.807) is 24.3 Å². The number of para-hydroxylation sites is 2. The van der Waals surface area contributed by atoms with Crippen LogP contribution in [0.3, 0.4) is 0 Å². The van der Waals surface area contributed by atoms with Gasteiger partial charge in [0.1, 0.15) is 5.03 Å². The first kappa shape index (κ1) is 17.5. The zero-order valence-electron chi connectivity index (χ0n) is 13.7. The highest BCUT2D eigenvalue weighted by atomic mass is 32.2. The second kappa shape index (κ2) is 7.01. The zero-order valence-corrected chi connectivity index (χ0v) is 14.6. The molecule has 0 amide bonds. The molecule has 1 aromatic carbocycles. The number of alkyl halides is 3. The lowest BCUT2D eigenvalue weighted by Crippen LogP contribution is -2.37. The summed E-state index contributed by atoms with van der Waals surface area (Å²) in [5.41, 5.74) is 0.972. The molecule has 0 bridgehead atoms. The summed E-state index contributed by atoms with van der Waals surface area (Å²) in [5, 5.41) is 7.62. The molecular weight excluding hydrogens is 367 g/mol. The van der Waals surface area contributed by atoms with Crippen molar-refractivity contribution in [2.75, 3.05) is 38.6 Å². The fourth-order valence-corrected chi connectivity index (χ4v) is 3.90. The molecule has 1 aliphatic heterocycles. The number of thioether (sulfide) groups is 1. The molecule has 1 saturated heterocycles. The number of ether oxygens (including phenoxy) is 1. The second-order valence-electron chi connectivity index (χ2n) is 5.89. The molecule has 4 rings (SSSR count). The van der Waals surface area contributed by atoms with Crippen LogP contribution in [0, 0.1) is 0 Å². The molecule has 26 heavy (non-hydrogen) atoms. The lowest BCUT2D eigenvalue weighted by Gasteiger charge is -2.26. The molecule has 0 saturated carbocycles. The summed E-state index contributed by atoms with van der Waals surface area (Å²) in [4.78, 5) is 6.77. The number of halogens is 3. The maximum absolute atomic E-state index is 13.3. The van der Waals surface area contributed by atoms with E-state index in [1.807, 2.05) is 0 Å². The summed E-state index contributed by atoms with van der Waals surface area (Å²) >= 11 is 1.40. The number of benzene rings is 1. The summed E-state index contributed by atoms with van der Waals surface area (Å²) in [5.74, 6) is -0.323.